The molecule has 3 heteroatoms. The van der Waals surface area contributed by atoms with E-state index in [0.717, 1.165) is 13.2 Å². The number of aliphatic hydroxyl groups is 1. The van der Waals surface area contributed by atoms with Crippen LogP contribution in [-0.2, 0) is 4.74 Å². The van der Waals surface area contributed by atoms with E-state index in [9.17, 15) is 0 Å². The van der Waals surface area contributed by atoms with Gasteiger partial charge in [-0.2, -0.15) is 0 Å². The number of hydrogen-bond acceptors (Lipinski definition) is 3. The van der Waals surface area contributed by atoms with Gasteiger partial charge < -0.3 is 15.2 Å². The lowest BCUT2D eigenvalue weighted by molar-refractivity contribution is 0.0923. The van der Waals surface area contributed by atoms with Gasteiger partial charge in [0, 0.05) is 12.6 Å². The van der Waals surface area contributed by atoms with Crippen molar-refractivity contribution in [2.45, 2.75) is 44.6 Å². The van der Waals surface area contributed by atoms with Crippen LogP contribution in [0.25, 0.3) is 0 Å². The van der Waals surface area contributed by atoms with Crippen LogP contribution in [0.1, 0.15) is 38.5 Å². The first-order valence-electron chi connectivity index (χ1n) is 5.85. The zero-order chi connectivity index (χ0) is 10.1. The zero-order valence-corrected chi connectivity index (χ0v) is 9.00. The molecule has 0 heterocycles. The number of rotatable bonds is 6. The van der Waals surface area contributed by atoms with Crippen molar-refractivity contribution >= 4 is 0 Å². The molecule has 3 nitrogen and oxygen atoms in total. The Morgan fingerprint density at radius 3 is 2.43 bits per heavy atom. The van der Waals surface area contributed by atoms with E-state index in [1.165, 1.54) is 38.5 Å². The Bertz CT molecular complexity index is 122. The fraction of sp³-hybridized carbons (Fsp3) is 1.00. The summed E-state index contributed by atoms with van der Waals surface area (Å²) < 4.78 is 5.19. The van der Waals surface area contributed by atoms with Gasteiger partial charge in [0.25, 0.3) is 0 Å². The second kappa shape index (κ2) is 8.21. The van der Waals surface area contributed by atoms with Crippen molar-refractivity contribution in [2.75, 3.05) is 26.4 Å². The van der Waals surface area contributed by atoms with Crippen molar-refractivity contribution in [3.05, 3.63) is 0 Å². The SMILES string of the molecule is OCCOCCNC1CCCCCC1. The monoisotopic (exact) mass is 201 g/mol. The smallest absolute Gasteiger partial charge is 0.0698 e. The summed E-state index contributed by atoms with van der Waals surface area (Å²) in [6.07, 6.45) is 8.18. The Kier molecular flexibility index (Phi) is 7.01. The molecule has 0 aromatic carbocycles. The Morgan fingerprint density at radius 1 is 1.07 bits per heavy atom. The molecule has 1 fully saturated rings. The van der Waals surface area contributed by atoms with Gasteiger partial charge in [-0.3, -0.25) is 0 Å². The quantitative estimate of drug-likeness (QED) is 0.503. The molecule has 0 aromatic rings. The van der Waals surface area contributed by atoms with Gasteiger partial charge in [-0.15, -0.1) is 0 Å². The minimum absolute atomic E-state index is 0.128. The van der Waals surface area contributed by atoms with E-state index in [0.29, 0.717) is 12.6 Å². The Morgan fingerprint density at radius 2 is 1.79 bits per heavy atom. The molecule has 0 radical (unpaired) electrons. The lowest BCUT2D eigenvalue weighted by atomic mass is 10.1. The van der Waals surface area contributed by atoms with Gasteiger partial charge in [-0.1, -0.05) is 25.7 Å². The van der Waals surface area contributed by atoms with Crippen molar-refractivity contribution in [3.8, 4) is 0 Å². The van der Waals surface area contributed by atoms with Crippen LogP contribution in [0.15, 0.2) is 0 Å². The van der Waals surface area contributed by atoms with Gasteiger partial charge in [0.05, 0.1) is 19.8 Å². The van der Waals surface area contributed by atoms with Crippen LogP contribution in [0.2, 0.25) is 0 Å². The number of aliphatic hydroxyl groups excluding tert-OH is 1. The van der Waals surface area contributed by atoms with E-state index < -0.39 is 0 Å². The van der Waals surface area contributed by atoms with Crippen LogP contribution in [0.3, 0.4) is 0 Å². The predicted octanol–water partition coefficient (Wildman–Crippen LogP) is 1.31. The molecule has 84 valence electrons. The van der Waals surface area contributed by atoms with Crippen LogP contribution in [-0.4, -0.2) is 37.5 Å². The highest BCUT2D eigenvalue weighted by Gasteiger charge is 2.10. The van der Waals surface area contributed by atoms with E-state index in [4.69, 9.17) is 9.84 Å². The average Bonchev–Trinajstić information content (AvgIpc) is 2.46. The van der Waals surface area contributed by atoms with Crippen LogP contribution < -0.4 is 5.32 Å². The highest BCUT2D eigenvalue weighted by molar-refractivity contribution is 4.70. The molecule has 0 unspecified atom stereocenters. The minimum Gasteiger partial charge on any atom is -0.394 e. The molecule has 1 saturated carbocycles. The fourth-order valence-corrected chi connectivity index (χ4v) is 1.99. The fourth-order valence-electron chi connectivity index (χ4n) is 1.99. The van der Waals surface area contributed by atoms with Crippen molar-refractivity contribution in [1.82, 2.24) is 5.32 Å². The van der Waals surface area contributed by atoms with Crippen molar-refractivity contribution in [1.29, 1.82) is 0 Å². The third-order valence-electron chi connectivity index (χ3n) is 2.77. The molecular weight excluding hydrogens is 178 g/mol. The molecule has 0 amide bonds. The molecule has 1 aliphatic rings. The first-order valence-corrected chi connectivity index (χ1v) is 5.85. The van der Waals surface area contributed by atoms with Crippen LogP contribution in [0.5, 0.6) is 0 Å². The lowest BCUT2D eigenvalue weighted by Gasteiger charge is -2.15. The summed E-state index contributed by atoms with van der Waals surface area (Å²) in [6.45, 7) is 2.23. The highest BCUT2D eigenvalue weighted by Crippen LogP contribution is 2.16. The largest absolute Gasteiger partial charge is 0.394 e. The maximum absolute atomic E-state index is 8.51. The molecule has 14 heavy (non-hydrogen) atoms. The Hall–Kier alpha value is -0.120. The molecule has 1 rings (SSSR count). The number of hydrogen-bond donors (Lipinski definition) is 2. The van der Waals surface area contributed by atoms with Gasteiger partial charge >= 0.3 is 0 Å². The molecular formula is C11H23NO2. The van der Waals surface area contributed by atoms with E-state index in [1.54, 1.807) is 0 Å². The first-order chi connectivity index (χ1) is 6.93. The topological polar surface area (TPSA) is 41.5 Å². The van der Waals surface area contributed by atoms with Crippen molar-refractivity contribution in [2.24, 2.45) is 0 Å². The summed E-state index contributed by atoms with van der Waals surface area (Å²) in [5.41, 5.74) is 0. The van der Waals surface area contributed by atoms with Gasteiger partial charge in [0.1, 0.15) is 0 Å². The number of nitrogens with one attached hydrogen (secondary N) is 1. The van der Waals surface area contributed by atoms with Crippen LogP contribution in [0, 0.1) is 0 Å². The second-order valence-corrected chi connectivity index (χ2v) is 3.98. The van der Waals surface area contributed by atoms with Crippen molar-refractivity contribution in [3.63, 3.8) is 0 Å². The van der Waals surface area contributed by atoms with E-state index in [2.05, 4.69) is 5.32 Å². The third-order valence-corrected chi connectivity index (χ3v) is 2.77. The molecule has 1 aliphatic carbocycles. The minimum atomic E-state index is 0.128. The van der Waals surface area contributed by atoms with Gasteiger partial charge in [-0.25, -0.2) is 0 Å². The van der Waals surface area contributed by atoms with E-state index in [1.807, 2.05) is 0 Å². The predicted molar refractivity (Wildman–Crippen MR) is 57.4 cm³/mol. The molecule has 0 atom stereocenters. The number of ether oxygens (including phenoxy) is 1. The standard InChI is InChI=1S/C11H23NO2/c13-8-10-14-9-7-12-11-5-3-1-2-4-6-11/h11-13H,1-10H2. The van der Waals surface area contributed by atoms with Crippen molar-refractivity contribution < 1.29 is 9.84 Å². The third kappa shape index (κ3) is 5.58. The summed E-state index contributed by atoms with van der Waals surface area (Å²) in [7, 11) is 0. The Labute approximate surface area is 86.8 Å². The van der Waals surface area contributed by atoms with Gasteiger partial charge in [-0.05, 0) is 12.8 Å². The summed E-state index contributed by atoms with van der Waals surface area (Å²) in [5, 5.41) is 12.0. The van der Waals surface area contributed by atoms with Gasteiger partial charge in [0.15, 0.2) is 0 Å². The first kappa shape index (κ1) is 12.0. The van der Waals surface area contributed by atoms with Crippen LogP contribution >= 0.6 is 0 Å². The highest BCUT2D eigenvalue weighted by atomic mass is 16.5. The summed E-state index contributed by atoms with van der Waals surface area (Å²) in [6, 6.07) is 0.704. The maximum atomic E-state index is 8.51. The normalized spacial score (nSPS) is 19.5. The van der Waals surface area contributed by atoms with Crippen LogP contribution in [0.4, 0.5) is 0 Å². The zero-order valence-electron chi connectivity index (χ0n) is 9.00. The maximum Gasteiger partial charge on any atom is 0.0698 e. The molecule has 0 aromatic heterocycles. The summed E-state index contributed by atoms with van der Waals surface area (Å²) >= 11 is 0. The van der Waals surface area contributed by atoms with Gasteiger partial charge in [0.2, 0.25) is 0 Å². The molecule has 0 saturated heterocycles. The van der Waals surface area contributed by atoms with E-state index >= 15 is 0 Å². The molecule has 0 spiro atoms. The average molecular weight is 201 g/mol. The molecule has 2 N–H and O–H groups in total. The summed E-state index contributed by atoms with van der Waals surface area (Å²) in [4.78, 5) is 0. The summed E-state index contributed by atoms with van der Waals surface area (Å²) in [5.74, 6) is 0. The molecule has 0 aliphatic heterocycles. The molecule has 0 bridgehead atoms. The Balaban J connectivity index is 1.93. The van der Waals surface area contributed by atoms with E-state index in [-0.39, 0.29) is 6.61 Å². The lowest BCUT2D eigenvalue weighted by Crippen LogP contribution is -2.31. The second-order valence-electron chi connectivity index (χ2n) is 3.98.